The first-order valence-corrected chi connectivity index (χ1v) is 8.37. The molecule has 0 fully saturated rings. The van der Waals surface area contributed by atoms with Crippen LogP contribution < -0.4 is 0 Å². The molecule has 1 N–H and O–H groups in total. The van der Waals surface area contributed by atoms with E-state index in [2.05, 4.69) is 30.3 Å². The Bertz CT molecular complexity index is 840. The van der Waals surface area contributed by atoms with Crippen molar-refractivity contribution in [3.8, 4) is 0 Å². The molecule has 0 saturated heterocycles. The van der Waals surface area contributed by atoms with Crippen molar-refractivity contribution in [2.45, 2.75) is 25.9 Å². The van der Waals surface area contributed by atoms with Gasteiger partial charge in [0.2, 0.25) is 0 Å². The predicted molar refractivity (Wildman–Crippen MR) is 89.5 cm³/mol. The Labute approximate surface area is 132 Å². The smallest absolute Gasteiger partial charge is 0.115 e. The number of aliphatic hydroxyl groups excluding tert-OH is 1. The average molecular weight is 315 g/mol. The molecule has 106 valence electrons. The maximum Gasteiger partial charge on any atom is 0.115 e. The van der Waals surface area contributed by atoms with Crippen LogP contribution >= 0.6 is 22.9 Å². The van der Waals surface area contributed by atoms with Gasteiger partial charge >= 0.3 is 0 Å². The molecule has 3 heteroatoms. The van der Waals surface area contributed by atoms with Crippen LogP contribution in [0.4, 0.5) is 0 Å². The minimum absolute atomic E-state index is 0.652. The van der Waals surface area contributed by atoms with Crippen molar-refractivity contribution < 1.29 is 5.11 Å². The molecule has 1 aliphatic carbocycles. The van der Waals surface area contributed by atoms with Crippen LogP contribution in [0.1, 0.15) is 33.2 Å². The normalized spacial score (nSPS) is 14.8. The molecule has 1 aliphatic rings. The molecule has 1 atom stereocenters. The van der Waals surface area contributed by atoms with Crippen molar-refractivity contribution in [3.05, 3.63) is 67.9 Å². The summed E-state index contributed by atoms with van der Waals surface area (Å²) in [5, 5.41) is 16.0. The Hall–Kier alpha value is -1.35. The second kappa shape index (κ2) is 4.84. The molecule has 3 aromatic rings. The number of rotatable bonds is 2. The fraction of sp³-hybridized carbons (Fsp3) is 0.222. The Morgan fingerprint density at radius 3 is 2.62 bits per heavy atom. The summed E-state index contributed by atoms with van der Waals surface area (Å²) in [5.74, 6) is 0. The molecule has 0 saturated carbocycles. The average Bonchev–Trinajstić information content (AvgIpc) is 3.06. The quantitative estimate of drug-likeness (QED) is 0.702. The summed E-state index contributed by atoms with van der Waals surface area (Å²) in [6.45, 7) is 1.97. The second-order valence-corrected chi connectivity index (χ2v) is 6.94. The minimum Gasteiger partial charge on any atom is -0.383 e. The Kier molecular flexibility index (Phi) is 3.07. The van der Waals surface area contributed by atoms with E-state index in [9.17, 15) is 5.11 Å². The highest BCUT2D eigenvalue weighted by Gasteiger charge is 2.22. The molecule has 0 bridgehead atoms. The standard InChI is InChI=1S/C18H15ClOS/c1-10-9-21-18(16(10)19)17(20)14-8-7-12-6-5-11-3-2-4-13(14)15(11)12/h2-4,7-9,17,20H,5-6H2,1H3. The molecule has 0 aliphatic heterocycles. The fourth-order valence-corrected chi connectivity index (χ4v) is 4.58. The summed E-state index contributed by atoms with van der Waals surface area (Å²) in [7, 11) is 0. The van der Waals surface area contributed by atoms with Crippen LogP contribution in [0.15, 0.2) is 35.7 Å². The SMILES string of the molecule is Cc1csc(C(O)c2ccc3c4c(cccc24)CC3)c1Cl. The van der Waals surface area contributed by atoms with Crippen molar-refractivity contribution in [1.29, 1.82) is 0 Å². The third-order valence-corrected chi connectivity index (χ3v) is 6.15. The lowest BCUT2D eigenvalue weighted by atomic mass is 9.96. The largest absolute Gasteiger partial charge is 0.383 e. The first kappa shape index (κ1) is 13.3. The first-order valence-electron chi connectivity index (χ1n) is 7.11. The number of halogens is 1. The summed E-state index contributed by atoms with van der Waals surface area (Å²) in [6.07, 6.45) is 1.55. The number of benzene rings is 2. The van der Waals surface area contributed by atoms with E-state index in [0.717, 1.165) is 34.2 Å². The van der Waals surface area contributed by atoms with Gasteiger partial charge in [0.05, 0.1) is 9.90 Å². The number of hydrogen-bond acceptors (Lipinski definition) is 2. The third-order valence-electron chi connectivity index (χ3n) is 4.38. The van der Waals surface area contributed by atoms with Gasteiger partial charge in [0.1, 0.15) is 6.10 Å². The molecule has 0 amide bonds. The molecular formula is C18H15ClOS. The van der Waals surface area contributed by atoms with Crippen LogP contribution in [-0.4, -0.2) is 5.11 Å². The fourth-order valence-electron chi connectivity index (χ4n) is 3.28. The Morgan fingerprint density at radius 2 is 1.90 bits per heavy atom. The number of thiophene rings is 1. The highest BCUT2D eigenvalue weighted by molar-refractivity contribution is 7.10. The van der Waals surface area contributed by atoms with Gasteiger partial charge in [-0.25, -0.2) is 0 Å². The molecule has 21 heavy (non-hydrogen) atoms. The van der Waals surface area contributed by atoms with E-state index in [1.165, 1.54) is 27.8 Å². The van der Waals surface area contributed by atoms with Gasteiger partial charge in [-0.05, 0) is 58.2 Å². The van der Waals surface area contributed by atoms with E-state index in [4.69, 9.17) is 11.6 Å². The van der Waals surface area contributed by atoms with Crippen LogP contribution in [0.5, 0.6) is 0 Å². The molecule has 1 heterocycles. The zero-order chi connectivity index (χ0) is 14.6. The van der Waals surface area contributed by atoms with E-state index in [1.54, 1.807) is 0 Å². The Morgan fingerprint density at radius 1 is 1.14 bits per heavy atom. The van der Waals surface area contributed by atoms with E-state index in [0.29, 0.717) is 5.02 Å². The van der Waals surface area contributed by atoms with Crippen LogP contribution in [0.25, 0.3) is 10.8 Å². The monoisotopic (exact) mass is 314 g/mol. The second-order valence-electron chi connectivity index (χ2n) is 5.65. The van der Waals surface area contributed by atoms with Gasteiger partial charge in [0.25, 0.3) is 0 Å². The van der Waals surface area contributed by atoms with Gasteiger partial charge < -0.3 is 5.11 Å². The maximum atomic E-state index is 10.8. The van der Waals surface area contributed by atoms with Crippen LogP contribution in [0.2, 0.25) is 5.02 Å². The Balaban J connectivity index is 1.94. The van der Waals surface area contributed by atoms with Gasteiger partial charge in [-0.3, -0.25) is 0 Å². The summed E-state index contributed by atoms with van der Waals surface area (Å²) in [6, 6.07) is 10.6. The third kappa shape index (κ3) is 1.94. The lowest BCUT2D eigenvalue weighted by Gasteiger charge is -2.14. The summed E-state index contributed by atoms with van der Waals surface area (Å²) in [5.41, 5.74) is 4.78. The highest BCUT2D eigenvalue weighted by atomic mass is 35.5. The van der Waals surface area contributed by atoms with Crippen LogP contribution in [0.3, 0.4) is 0 Å². The van der Waals surface area contributed by atoms with Crippen molar-refractivity contribution in [3.63, 3.8) is 0 Å². The molecule has 4 rings (SSSR count). The van der Waals surface area contributed by atoms with Gasteiger partial charge in [0, 0.05) is 0 Å². The van der Waals surface area contributed by atoms with Crippen LogP contribution in [0, 0.1) is 6.92 Å². The molecular weight excluding hydrogens is 300 g/mol. The molecule has 1 unspecified atom stereocenters. The number of aryl methyl sites for hydroxylation is 3. The van der Waals surface area contributed by atoms with E-state index in [1.807, 2.05) is 12.3 Å². The number of aliphatic hydroxyl groups is 1. The minimum atomic E-state index is -0.652. The van der Waals surface area contributed by atoms with Crippen molar-refractivity contribution in [1.82, 2.24) is 0 Å². The van der Waals surface area contributed by atoms with E-state index >= 15 is 0 Å². The van der Waals surface area contributed by atoms with Crippen molar-refractivity contribution in [2.75, 3.05) is 0 Å². The van der Waals surface area contributed by atoms with Crippen molar-refractivity contribution in [2.24, 2.45) is 0 Å². The molecule has 0 radical (unpaired) electrons. The van der Waals surface area contributed by atoms with Gasteiger partial charge in [-0.15, -0.1) is 11.3 Å². The lowest BCUT2D eigenvalue weighted by molar-refractivity contribution is 0.226. The summed E-state index contributed by atoms with van der Waals surface area (Å²) in [4.78, 5) is 0.841. The summed E-state index contributed by atoms with van der Waals surface area (Å²) >= 11 is 7.86. The first-order chi connectivity index (χ1) is 10.2. The van der Waals surface area contributed by atoms with Crippen molar-refractivity contribution >= 4 is 33.7 Å². The molecule has 0 spiro atoms. The molecule has 2 aromatic carbocycles. The van der Waals surface area contributed by atoms with E-state index in [-0.39, 0.29) is 0 Å². The molecule has 1 aromatic heterocycles. The topological polar surface area (TPSA) is 20.2 Å². The van der Waals surface area contributed by atoms with Gasteiger partial charge in [0.15, 0.2) is 0 Å². The lowest BCUT2D eigenvalue weighted by Crippen LogP contribution is -2.00. The summed E-state index contributed by atoms with van der Waals surface area (Å²) < 4.78 is 0. The maximum absolute atomic E-state index is 10.8. The van der Waals surface area contributed by atoms with E-state index < -0.39 is 6.10 Å². The molecule has 1 nitrogen and oxygen atoms in total. The highest BCUT2D eigenvalue weighted by Crippen LogP contribution is 2.40. The zero-order valence-electron chi connectivity index (χ0n) is 11.7. The predicted octanol–water partition coefficient (Wildman–Crippen LogP) is 5.04. The van der Waals surface area contributed by atoms with Gasteiger partial charge in [-0.2, -0.15) is 0 Å². The zero-order valence-corrected chi connectivity index (χ0v) is 13.3. The number of hydrogen-bond donors (Lipinski definition) is 1. The van der Waals surface area contributed by atoms with Gasteiger partial charge in [-0.1, -0.05) is 41.9 Å². The van der Waals surface area contributed by atoms with Crippen LogP contribution in [-0.2, 0) is 12.8 Å².